The Kier molecular flexibility index (Phi) is 15.5. The van der Waals surface area contributed by atoms with E-state index in [4.69, 9.17) is 14.6 Å². The average Bonchev–Trinajstić information content (AvgIpc) is 3.58. The number of β-amino-alcohol motifs (C(OH)–C–C–N with tert-alkyl or cyclic N) is 1. The summed E-state index contributed by atoms with van der Waals surface area (Å²) in [5.41, 5.74) is 3.38. The first-order valence-electron chi connectivity index (χ1n) is 11.8. The van der Waals surface area contributed by atoms with Gasteiger partial charge < -0.3 is 25.8 Å². The summed E-state index contributed by atoms with van der Waals surface area (Å²) in [4.78, 5) is 38.1. The minimum absolute atomic E-state index is 0. The third kappa shape index (κ3) is 9.54. The number of esters is 1. The number of aliphatic hydroxyl groups excluding tert-OH is 1. The van der Waals surface area contributed by atoms with Crippen LogP contribution >= 0.6 is 31.9 Å². The molecular weight excluding hydrogens is 614 g/mol. The number of aliphatic hydroxyl groups is 1. The molecule has 3 aliphatic heterocycles. The van der Waals surface area contributed by atoms with Crippen molar-refractivity contribution in [2.75, 3.05) is 39.5 Å². The molecule has 2 aromatic rings. The van der Waals surface area contributed by atoms with Crippen molar-refractivity contribution in [1.82, 2.24) is 9.80 Å². The molecule has 0 spiro atoms. The Bertz CT molecular complexity index is 1100. The Morgan fingerprint density at radius 3 is 1.92 bits per heavy atom. The number of halogens is 2. The first-order valence-corrected chi connectivity index (χ1v) is 13.4. The van der Waals surface area contributed by atoms with Gasteiger partial charge in [-0.3, -0.25) is 14.4 Å². The summed E-state index contributed by atoms with van der Waals surface area (Å²) in [5.74, 6) is -0.463. The molecule has 3 aliphatic rings. The van der Waals surface area contributed by atoms with Gasteiger partial charge in [0, 0.05) is 61.3 Å². The van der Waals surface area contributed by atoms with Gasteiger partial charge >= 0.3 is 24.8 Å². The van der Waals surface area contributed by atoms with Crippen LogP contribution in [0.5, 0.6) is 0 Å². The minimum Gasteiger partial charge on any atom is -1.00 e. The predicted octanol–water partition coefficient (Wildman–Crippen LogP) is 0.898. The quantitative estimate of drug-likeness (QED) is 0.384. The number of carbonyl (C=O) groups is 3. The maximum Gasteiger partial charge on any atom is 1.00 e. The second-order valence-electron chi connectivity index (χ2n) is 8.34. The van der Waals surface area contributed by atoms with Gasteiger partial charge in [-0.1, -0.05) is 31.9 Å². The molecule has 5 rings (SSSR count). The summed E-state index contributed by atoms with van der Waals surface area (Å²) in [6.07, 6.45) is 2.56. The number of hydrogen-bond acceptors (Lipinski definition) is 6. The van der Waals surface area contributed by atoms with Gasteiger partial charge in [-0.15, -0.1) is 0 Å². The fraction of sp³-hybridized carbons (Fsp3) is 0.423. The van der Waals surface area contributed by atoms with Crippen LogP contribution in [0.1, 0.15) is 53.0 Å². The van der Waals surface area contributed by atoms with E-state index >= 15 is 0 Å². The molecule has 0 bridgehead atoms. The van der Waals surface area contributed by atoms with Crippen LogP contribution in [0.2, 0.25) is 0 Å². The topological polar surface area (TPSA) is 96.4 Å². The maximum absolute atomic E-state index is 12.0. The van der Waals surface area contributed by atoms with Crippen LogP contribution in [0, 0.1) is 0 Å². The Balaban J connectivity index is 0.000000595. The zero-order chi connectivity index (χ0) is 26.1. The number of benzene rings is 2. The van der Waals surface area contributed by atoms with E-state index < -0.39 is 0 Å². The minimum atomic E-state index is -0.368. The van der Waals surface area contributed by atoms with Gasteiger partial charge in [-0.2, -0.15) is 0 Å². The molecule has 0 aromatic heterocycles. The van der Waals surface area contributed by atoms with Gasteiger partial charge in [0.15, 0.2) is 0 Å². The molecule has 0 saturated carbocycles. The van der Waals surface area contributed by atoms with E-state index in [1.165, 1.54) is 17.7 Å². The van der Waals surface area contributed by atoms with E-state index in [9.17, 15) is 14.4 Å². The van der Waals surface area contributed by atoms with Gasteiger partial charge in [0.1, 0.15) is 6.54 Å². The second kappa shape index (κ2) is 17.2. The van der Waals surface area contributed by atoms with Crippen LogP contribution in [-0.2, 0) is 27.4 Å². The largest absolute Gasteiger partial charge is 1.00 e. The predicted molar refractivity (Wildman–Crippen MR) is 148 cm³/mol. The molecule has 0 unspecified atom stereocenters. The van der Waals surface area contributed by atoms with E-state index in [-0.39, 0.29) is 59.6 Å². The number of nitrogens with zero attached hydrogens (tertiary/aromatic N) is 2. The van der Waals surface area contributed by atoms with E-state index in [1.807, 2.05) is 30.3 Å². The standard InChI is InChI=1S/C12H12BrNO3.C10H10BrNO2.C4H8O.B.Li.H/c1-2-17-11(15)7-14-6-8-5-9(13)3-4-10(8)12(14)16;11-8-1-2-9-7(5-8)6-12(3-4-13)10(9)14;1-2-4-5-3-1;;;/h3-5H,2,6-7H2,1H3;1-2,5,13H,3-4,6H2;1-4H2;;;/q;;;;+1;-1. The van der Waals surface area contributed by atoms with Crippen LogP contribution in [0.25, 0.3) is 0 Å². The molecule has 3 radical (unpaired) electrons. The molecule has 12 heteroatoms. The van der Waals surface area contributed by atoms with Crippen molar-refractivity contribution in [3.05, 3.63) is 67.6 Å². The van der Waals surface area contributed by atoms with Crippen LogP contribution in [0.15, 0.2) is 45.3 Å². The zero-order valence-electron chi connectivity index (χ0n) is 22.8. The van der Waals surface area contributed by atoms with Crippen LogP contribution in [0.4, 0.5) is 0 Å². The first-order chi connectivity index (χ1) is 17.3. The number of fused-ring (bicyclic) bond motifs is 2. The van der Waals surface area contributed by atoms with Gasteiger partial charge in [0.2, 0.25) is 0 Å². The molecule has 0 aliphatic carbocycles. The number of rotatable bonds is 5. The molecule has 1 saturated heterocycles. The van der Waals surface area contributed by atoms with Gasteiger partial charge in [0.25, 0.3) is 11.8 Å². The summed E-state index contributed by atoms with van der Waals surface area (Å²) < 4.78 is 11.7. The van der Waals surface area contributed by atoms with Gasteiger partial charge in [-0.05, 0) is 67.3 Å². The van der Waals surface area contributed by atoms with Crippen molar-refractivity contribution in [3.8, 4) is 0 Å². The van der Waals surface area contributed by atoms with Crippen molar-refractivity contribution < 1.29 is 49.3 Å². The number of amides is 2. The van der Waals surface area contributed by atoms with Crippen molar-refractivity contribution >= 4 is 58.1 Å². The van der Waals surface area contributed by atoms with E-state index in [2.05, 4.69) is 31.9 Å². The third-order valence-electron chi connectivity index (χ3n) is 5.71. The molecule has 0 atom stereocenters. The van der Waals surface area contributed by atoms with Crippen molar-refractivity contribution in [2.24, 2.45) is 0 Å². The van der Waals surface area contributed by atoms with Crippen molar-refractivity contribution in [2.45, 2.75) is 32.9 Å². The first kappa shape index (κ1) is 34.4. The third-order valence-corrected chi connectivity index (χ3v) is 6.70. The summed E-state index contributed by atoms with van der Waals surface area (Å²) in [6.45, 7) is 5.58. The Labute approximate surface area is 255 Å². The summed E-state index contributed by atoms with van der Waals surface area (Å²) in [7, 11) is 0. The summed E-state index contributed by atoms with van der Waals surface area (Å²) in [5, 5.41) is 8.77. The van der Waals surface area contributed by atoms with Crippen molar-refractivity contribution in [1.29, 1.82) is 0 Å². The molecule has 1 fully saturated rings. The fourth-order valence-electron chi connectivity index (χ4n) is 4.00. The van der Waals surface area contributed by atoms with Crippen LogP contribution in [0.3, 0.4) is 0 Å². The Morgan fingerprint density at radius 2 is 1.47 bits per heavy atom. The fourth-order valence-corrected chi connectivity index (χ4v) is 4.82. The monoisotopic (exact) mass is 643 g/mol. The second-order valence-corrected chi connectivity index (χ2v) is 10.2. The SMILES string of the molecule is C1CCOC1.CCOC(=O)CN1Cc2cc(Br)ccc2C1=O.O=C1c2ccc(Br)cc2CN1CCO.[B].[H-].[Li+]. The molecule has 38 heavy (non-hydrogen) atoms. The molecule has 3 heterocycles. The Morgan fingerprint density at radius 1 is 0.974 bits per heavy atom. The average molecular weight is 645 g/mol. The summed E-state index contributed by atoms with van der Waals surface area (Å²) >= 11 is 6.72. The van der Waals surface area contributed by atoms with Gasteiger partial charge in [0.05, 0.1) is 13.2 Å². The maximum atomic E-state index is 12.0. The molecule has 1 N–H and O–H groups in total. The normalized spacial score (nSPS) is 14.7. The number of ether oxygens (including phenoxy) is 2. The molecule has 2 aromatic carbocycles. The molecule has 2 amide bonds. The van der Waals surface area contributed by atoms with Gasteiger partial charge in [-0.25, -0.2) is 0 Å². The summed E-state index contributed by atoms with van der Waals surface area (Å²) in [6, 6.07) is 11.1. The van der Waals surface area contributed by atoms with E-state index in [0.717, 1.165) is 38.8 Å². The van der Waals surface area contributed by atoms with E-state index in [0.29, 0.717) is 31.8 Å². The van der Waals surface area contributed by atoms with Crippen molar-refractivity contribution in [3.63, 3.8) is 0 Å². The zero-order valence-corrected chi connectivity index (χ0v) is 24.9. The Hall–Kier alpha value is -1.61. The number of carbonyl (C=O) groups excluding carboxylic acids is 3. The molecular formula is C26H31BBr2LiN2O6. The van der Waals surface area contributed by atoms with E-state index in [1.54, 1.807) is 17.9 Å². The van der Waals surface area contributed by atoms with Crippen LogP contribution < -0.4 is 18.9 Å². The smallest absolute Gasteiger partial charge is 1.00 e. The molecule has 8 nitrogen and oxygen atoms in total. The molecule has 199 valence electrons. The number of hydrogen-bond donors (Lipinski definition) is 1. The van der Waals surface area contributed by atoms with Crippen LogP contribution in [-0.4, -0.2) is 80.6 Å².